The van der Waals surface area contributed by atoms with E-state index in [1.54, 1.807) is 36.4 Å². The number of benzene rings is 4. The van der Waals surface area contributed by atoms with Crippen molar-refractivity contribution in [2.24, 2.45) is 0 Å². The Morgan fingerprint density at radius 2 is 1.23 bits per heavy atom. The summed E-state index contributed by atoms with van der Waals surface area (Å²) in [7, 11) is 0. The molecule has 1 N–H and O–H groups in total. The number of carbonyl (C=O) groups excluding carboxylic acids is 1. The van der Waals surface area contributed by atoms with Crippen molar-refractivity contribution in [2.75, 3.05) is 0 Å². The minimum Gasteiger partial charge on any atom is -0.508 e. The van der Waals surface area contributed by atoms with Gasteiger partial charge in [-0.25, -0.2) is 4.79 Å². The van der Waals surface area contributed by atoms with Gasteiger partial charge in [0.05, 0.1) is 24.9 Å². The summed E-state index contributed by atoms with van der Waals surface area (Å²) in [4.78, 5) is 13.3. The van der Waals surface area contributed by atoms with Crippen LogP contribution in [0.3, 0.4) is 0 Å². The van der Waals surface area contributed by atoms with Gasteiger partial charge in [0.1, 0.15) is 23.7 Å². The van der Waals surface area contributed by atoms with Crippen molar-refractivity contribution in [3.63, 3.8) is 0 Å². The monoisotopic (exact) mass is 540 g/mol. The standard InChI is InChI=1S/C33H32O7/c1-23-29(36-21-24-11-5-2-6-12-24)30(37-22-25-13-7-3-8-14-25)31(40-32(35)26-15-9-4-10-16-26)33(38-23)39-28-19-17-27(34)18-20-28/h2-20,23,29-31,33-34H,21-22H2,1H3. The summed E-state index contributed by atoms with van der Waals surface area (Å²) in [5, 5.41) is 9.72. The molecule has 0 spiro atoms. The molecule has 4 aromatic carbocycles. The minimum atomic E-state index is -0.996. The third-order valence-electron chi connectivity index (χ3n) is 6.64. The molecule has 0 saturated carbocycles. The average Bonchev–Trinajstić information content (AvgIpc) is 2.99. The van der Waals surface area contributed by atoms with Gasteiger partial charge < -0.3 is 28.8 Å². The number of phenols is 1. The number of phenolic OH excluding ortho intramolecular Hbond substituents is 1. The summed E-state index contributed by atoms with van der Waals surface area (Å²) in [6.45, 7) is 2.49. The molecule has 0 aromatic heterocycles. The fourth-order valence-corrected chi connectivity index (χ4v) is 4.57. The molecule has 5 rings (SSSR count). The zero-order chi connectivity index (χ0) is 27.7. The molecule has 206 valence electrons. The molecule has 0 aliphatic carbocycles. The largest absolute Gasteiger partial charge is 0.508 e. The topological polar surface area (TPSA) is 83.5 Å². The Bertz CT molecular complexity index is 1330. The normalized spacial score (nSPS) is 22.4. The van der Waals surface area contributed by atoms with Gasteiger partial charge in [-0.3, -0.25) is 0 Å². The zero-order valence-corrected chi connectivity index (χ0v) is 22.2. The Labute approximate surface area is 233 Å². The number of hydrogen-bond donors (Lipinski definition) is 1. The van der Waals surface area contributed by atoms with E-state index in [0.29, 0.717) is 17.9 Å². The van der Waals surface area contributed by atoms with Crippen molar-refractivity contribution >= 4 is 5.97 Å². The summed E-state index contributed by atoms with van der Waals surface area (Å²) in [6, 6.07) is 34.6. The highest BCUT2D eigenvalue weighted by atomic mass is 16.7. The Morgan fingerprint density at radius 1 is 0.700 bits per heavy atom. The molecule has 0 amide bonds. The van der Waals surface area contributed by atoms with Crippen LogP contribution in [0, 0.1) is 0 Å². The second-order valence-corrected chi connectivity index (χ2v) is 9.58. The number of rotatable bonds is 10. The van der Waals surface area contributed by atoms with Crippen LogP contribution in [-0.4, -0.2) is 41.8 Å². The molecule has 1 aliphatic heterocycles. The third-order valence-corrected chi connectivity index (χ3v) is 6.64. The van der Waals surface area contributed by atoms with E-state index in [4.69, 9.17) is 23.7 Å². The summed E-state index contributed by atoms with van der Waals surface area (Å²) >= 11 is 0. The van der Waals surface area contributed by atoms with E-state index in [1.807, 2.05) is 73.7 Å². The van der Waals surface area contributed by atoms with Gasteiger partial charge in [0.15, 0.2) is 6.10 Å². The number of carbonyl (C=O) groups is 1. The van der Waals surface area contributed by atoms with Crippen LogP contribution in [0.1, 0.15) is 28.4 Å². The molecule has 7 nitrogen and oxygen atoms in total. The first-order chi connectivity index (χ1) is 19.6. The molecular formula is C33H32O7. The van der Waals surface area contributed by atoms with E-state index >= 15 is 0 Å². The lowest BCUT2D eigenvalue weighted by Gasteiger charge is -2.44. The number of aromatic hydroxyl groups is 1. The Hall–Kier alpha value is -4.17. The van der Waals surface area contributed by atoms with Crippen molar-refractivity contribution in [3.05, 3.63) is 132 Å². The van der Waals surface area contributed by atoms with Gasteiger partial charge in [-0.2, -0.15) is 0 Å². The van der Waals surface area contributed by atoms with E-state index in [0.717, 1.165) is 11.1 Å². The molecule has 4 aromatic rings. The van der Waals surface area contributed by atoms with Crippen LogP contribution in [-0.2, 0) is 32.2 Å². The van der Waals surface area contributed by atoms with Crippen LogP contribution in [0.4, 0.5) is 0 Å². The summed E-state index contributed by atoms with van der Waals surface area (Å²) in [6.07, 6.45) is -3.72. The number of hydrogen-bond acceptors (Lipinski definition) is 7. The van der Waals surface area contributed by atoms with Crippen LogP contribution in [0.25, 0.3) is 0 Å². The van der Waals surface area contributed by atoms with E-state index in [9.17, 15) is 9.90 Å². The van der Waals surface area contributed by atoms with E-state index in [1.165, 1.54) is 12.1 Å². The molecule has 1 fully saturated rings. The lowest BCUT2D eigenvalue weighted by atomic mass is 9.98. The van der Waals surface area contributed by atoms with Crippen molar-refractivity contribution in [1.82, 2.24) is 0 Å². The molecule has 5 unspecified atom stereocenters. The van der Waals surface area contributed by atoms with Crippen molar-refractivity contribution in [1.29, 1.82) is 0 Å². The van der Waals surface area contributed by atoms with Gasteiger partial charge in [-0.1, -0.05) is 78.9 Å². The van der Waals surface area contributed by atoms with E-state index < -0.39 is 36.7 Å². The van der Waals surface area contributed by atoms with Gasteiger partial charge >= 0.3 is 5.97 Å². The fourth-order valence-electron chi connectivity index (χ4n) is 4.57. The summed E-state index contributed by atoms with van der Waals surface area (Å²) < 4.78 is 31.4. The summed E-state index contributed by atoms with van der Waals surface area (Å²) in [5.74, 6) is 0.0233. The predicted molar refractivity (Wildman–Crippen MR) is 149 cm³/mol. The highest BCUT2D eigenvalue weighted by Gasteiger charge is 2.49. The van der Waals surface area contributed by atoms with Crippen LogP contribution < -0.4 is 4.74 Å². The lowest BCUT2D eigenvalue weighted by Crippen LogP contribution is -2.61. The second-order valence-electron chi connectivity index (χ2n) is 9.58. The van der Waals surface area contributed by atoms with Gasteiger partial charge in [0.2, 0.25) is 6.29 Å². The molecule has 0 bridgehead atoms. The first kappa shape index (κ1) is 27.4. The number of esters is 1. The van der Waals surface area contributed by atoms with Crippen LogP contribution >= 0.6 is 0 Å². The Balaban J connectivity index is 1.45. The minimum absolute atomic E-state index is 0.107. The first-order valence-corrected chi connectivity index (χ1v) is 13.2. The number of ether oxygens (including phenoxy) is 5. The molecule has 1 saturated heterocycles. The van der Waals surface area contributed by atoms with Crippen molar-refractivity contribution in [2.45, 2.75) is 50.8 Å². The van der Waals surface area contributed by atoms with E-state index in [2.05, 4.69) is 0 Å². The molecule has 0 radical (unpaired) electrons. The van der Waals surface area contributed by atoms with Crippen LogP contribution in [0.5, 0.6) is 11.5 Å². The highest BCUT2D eigenvalue weighted by molar-refractivity contribution is 5.89. The van der Waals surface area contributed by atoms with Gasteiger partial charge in [0.25, 0.3) is 0 Å². The Kier molecular flexibility index (Phi) is 9.08. The predicted octanol–water partition coefficient (Wildman–Crippen LogP) is 5.91. The molecule has 1 heterocycles. The molecule has 5 atom stereocenters. The quantitative estimate of drug-likeness (QED) is 0.250. The van der Waals surface area contributed by atoms with Gasteiger partial charge in [-0.05, 0) is 54.4 Å². The maximum absolute atomic E-state index is 13.3. The Morgan fingerprint density at radius 3 is 1.80 bits per heavy atom. The van der Waals surface area contributed by atoms with Crippen molar-refractivity contribution < 1.29 is 33.6 Å². The fraction of sp³-hybridized carbons (Fsp3) is 0.242. The molecular weight excluding hydrogens is 508 g/mol. The van der Waals surface area contributed by atoms with Crippen LogP contribution in [0.2, 0.25) is 0 Å². The van der Waals surface area contributed by atoms with Crippen molar-refractivity contribution in [3.8, 4) is 11.5 Å². The highest BCUT2D eigenvalue weighted by Crippen LogP contribution is 2.32. The zero-order valence-electron chi connectivity index (χ0n) is 22.2. The van der Waals surface area contributed by atoms with E-state index in [-0.39, 0.29) is 12.4 Å². The maximum atomic E-state index is 13.3. The average molecular weight is 541 g/mol. The van der Waals surface area contributed by atoms with Gasteiger partial charge in [0, 0.05) is 0 Å². The first-order valence-electron chi connectivity index (χ1n) is 13.2. The molecule has 7 heteroatoms. The van der Waals surface area contributed by atoms with Gasteiger partial charge in [-0.15, -0.1) is 0 Å². The van der Waals surface area contributed by atoms with Crippen LogP contribution in [0.15, 0.2) is 115 Å². The smallest absolute Gasteiger partial charge is 0.338 e. The maximum Gasteiger partial charge on any atom is 0.338 e. The second kappa shape index (κ2) is 13.3. The third kappa shape index (κ3) is 7.07. The molecule has 40 heavy (non-hydrogen) atoms. The summed E-state index contributed by atoms with van der Waals surface area (Å²) in [5.41, 5.74) is 2.36. The molecule has 1 aliphatic rings. The SMILES string of the molecule is CC1OC(Oc2ccc(O)cc2)C(OC(=O)c2ccccc2)C(OCc2ccccc2)C1OCc1ccccc1. The lowest BCUT2D eigenvalue weighted by molar-refractivity contribution is -0.288.